The Bertz CT molecular complexity index is 270. The van der Waals surface area contributed by atoms with Crippen LogP contribution < -0.4 is 5.32 Å². The minimum atomic E-state index is 0.702. The molecule has 4 nitrogen and oxygen atoms in total. The molecule has 1 aliphatic heterocycles. The maximum Gasteiger partial charge on any atom is 0.0489 e. The Labute approximate surface area is 91.3 Å². The van der Waals surface area contributed by atoms with Crippen LogP contribution in [0.25, 0.3) is 0 Å². The van der Waals surface area contributed by atoms with Crippen molar-refractivity contribution in [3.8, 4) is 0 Å². The number of aromatic nitrogens is 2. The monoisotopic (exact) mass is 208 g/mol. The van der Waals surface area contributed by atoms with Crippen molar-refractivity contribution >= 4 is 0 Å². The van der Waals surface area contributed by atoms with Gasteiger partial charge in [-0.25, -0.2) is 0 Å². The van der Waals surface area contributed by atoms with Crippen molar-refractivity contribution in [2.45, 2.75) is 25.4 Å². The lowest BCUT2D eigenvalue weighted by Gasteiger charge is -2.12. The molecule has 0 spiro atoms. The highest BCUT2D eigenvalue weighted by Crippen LogP contribution is 2.05. The molecule has 1 aromatic rings. The van der Waals surface area contributed by atoms with E-state index in [0.717, 1.165) is 19.5 Å². The third kappa shape index (κ3) is 3.32. The highest BCUT2D eigenvalue weighted by molar-refractivity contribution is 4.79. The first kappa shape index (κ1) is 10.6. The predicted octanol–water partition coefficient (Wildman–Crippen LogP) is 0.567. The van der Waals surface area contributed by atoms with Gasteiger partial charge in [0, 0.05) is 31.5 Å². The van der Waals surface area contributed by atoms with Crippen molar-refractivity contribution in [1.29, 1.82) is 0 Å². The first-order valence-electron chi connectivity index (χ1n) is 5.74. The second kappa shape index (κ2) is 5.28. The normalized spacial score (nSPS) is 22.3. The molecule has 0 saturated carbocycles. The summed E-state index contributed by atoms with van der Waals surface area (Å²) >= 11 is 0. The van der Waals surface area contributed by atoms with Crippen molar-refractivity contribution in [2.75, 3.05) is 26.7 Å². The number of aryl methyl sites for hydroxylation is 1. The van der Waals surface area contributed by atoms with Crippen LogP contribution in [0.3, 0.4) is 0 Å². The van der Waals surface area contributed by atoms with E-state index in [1.54, 1.807) is 0 Å². The minimum Gasteiger partial charge on any atom is -0.313 e. The summed E-state index contributed by atoms with van der Waals surface area (Å²) in [6.45, 7) is 4.54. The Balaban J connectivity index is 1.55. The zero-order chi connectivity index (χ0) is 10.5. The summed E-state index contributed by atoms with van der Waals surface area (Å²) in [5.41, 5.74) is 0. The lowest BCUT2D eigenvalue weighted by molar-refractivity contribution is 0.395. The van der Waals surface area contributed by atoms with E-state index in [9.17, 15) is 0 Å². The van der Waals surface area contributed by atoms with Gasteiger partial charge in [-0.05, 0) is 39.0 Å². The van der Waals surface area contributed by atoms with Crippen LogP contribution in [0, 0.1) is 0 Å². The average molecular weight is 208 g/mol. The third-order valence-corrected chi connectivity index (χ3v) is 2.95. The summed E-state index contributed by atoms with van der Waals surface area (Å²) in [5.74, 6) is 0. The summed E-state index contributed by atoms with van der Waals surface area (Å²) in [5, 5.41) is 7.77. The Morgan fingerprint density at radius 1 is 1.53 bits per heavy atom. The molecule has 1 fully saturated rings. The van der Waals surface area contributed by atoms with Crippen molar-refractivity contribution in [3.63, 3.8) is 0 Å². The Morgan fingerprint density at radius 3 is 3.13 bits per heavy atom. The second-order valence-corrected chi connectivity index (χ2v) is 4.32. The highest BCUT2D eigenvalue weighted by atomic mass is 15.3. The lowest BCUT2D eigenvalue weighted by Crippen LogP contribution is -2.32. The quantitative estimate of drug-likeness (QED) is 0.718. The van der Waals surface area contributed by atoms with Crippen molar-refractivity contribution < 1.29 is 0 Å². The van der Waals surface area contributed by atoms with Crippen molar-refractivity contribution in [3.05, 3.63) is 18.5 Å². The van der Waals surface area contributed by atoms with Crippen LogP contribution >= 0.6 is 0 Å². The fourth-order valence-corrected chi connectivity index (χ4v) is 2.08. The van der Waals surface area contributed by atoms with Crippen molar-refractivity contribution in [1.82, 2.24) is 20.0 Å². The molecule has 0 amide bonds. The lowest BCUT2D eigenvalue weighted by atomic mass is 10.2. The van der Waals surface area contributed by atoms with Gasteiger partial charge in [-0.15, -0.1) is 0 Å². The van der Waals surface area contributed by atoms with E-state index in [4.69, 9.17) is 0 Å². The summed E-state index contributed by atoms with van der Waals surface area (Å²) in [7, 11) is 2.19. The van der Waals surface area contributed by atoms with Crippen LogP contribution in [0.4, 0.5) is 0 Å². The largest absolute Gasteiger partial charge is 0.313 e. The number of rotatable bonds is 5. The van der Waals surface area contributed by atoms with Gasteiger partial charge in [0.25, 0.3) is 0 Å². The first-order chi connectivity index (χ1) is 7.34. The van der Waals surface area contributed by atoms with Gasteiger partial charge in [-0.2, -0.15) is 5.10 Å². The topological polar surface area (TPSA) is 33.1 Å². The third-order valence-electron chi connectivity index (χ3n) is 2.95. The van der Waals surface area contributed by atoms with E-state index in [1.165, 1.54) is 19.5 Å². The molecule has 4 heteroatoms. The highest BCUT2D eigenvalue weighted by Gasteiger charge is 2.17. The van der Waals surface area contributed by atoms with Crippen LogP contribution in [0.1, 0.15) is 12.8 Å². The van der Waals surface area contributed by atoms with Gasteiger partial charge < -0.3 is 10.2 Å². The van der Waals surface area contributed by atoms with E-state index in [0.29, 0.717) is 6.04 Å². The number of hydrogen-bond acceptors (Lipinski definition) is 3. The van der Waals surface area contributed by atoms with E-state index < -0.39 is 0 Å². The van der Waals surface area contributed by atoms with E-state index in [2.05, 4.69) is 22.4 Å². The molecule has 84 valence electrons. The molecule has 0 bridgehead atoms. The zero-order valence-electron chi connectivity index (χ0n) is 9.39. The fourth-order valence-electron chi connectivity index (χ4n) is 2.08. The molecule has 1 atom stereocenters. The van der Waals surface area contributed by atoms with E-state index in [-0.39, 0.29) is 0 Å². The molecule has 1 saturated heterocycles. The maximum absolute atomic E-state index is 4.18. The molecule has 15 heavy (non-hydrogen) atoms. The van der Waals surface area contributed by atoms with E-state index in [1.807, 2.05) is 23.1 Å². The number of likely N-dealkylation sites (N-methyl/N-ethyl adjacent to an activating group) is 1. The zero-order valence-corrected chi connectivity index (χ0v) is 9.39. The molecular weight excluding hydrogens is 188 g/mol. The minimum absolute atomic E-state index is 0.702. The van der Waals surface area contributed by atoms with Gasteiger partial charge in [-0.1, -0.05) is 0 Å². The maximum atomic E-state index is 4.18. The molecule has 1 N–H and O–H groups in total. The van der Waals surface area contributed by atoms with Crippen LogP contribution in [0.2, 0.25) is 0 Å². The van der Waals surface area contributed by atoms with Crippen LogP contribution in [0.15, 0.2) is 18.5 Å². The molecule has 2 heterocycles. The second-order valence-electron chi connectivity index (χ2n) is 4.32. The summed E-state index contributed by atoms with van der Waals surface area (Å²) in [6.07, 6.45) is 6.29. The van der Waals surface area contributed by atoms with Gasteiger partial charge in [0.1, 0.15) is 0 Å². The number of hydrogen-bond donors (Lipinski definition) is 1. The molecule has 1 aromatic heterocycles. The molecule has 2 rings (SSSR count). The first-order valence-corrected chi connectivity index (χ1v) is 5.74. The Morgan fingerprint density at radius 2 is 2.47 bits per heavy atom. The standard InChI is InChI=1S/C11H20N4/c1-14-9-4-11(10-14)12-5-2-7-15-8-3-6-13-15/h3,6,8,11-12H,2,4-5,7,9-10H2,1H3. The fraction of sp³-hybridized carbons (Fsp3) is 0.727. The van der Waals surface area contributed by atoms with Gasteiger partial charge in [0.15, 0.2) is 0 Å². The van der Waals surface area contributed by atoms with Crippen LogP contribution in [-0.2, 0) is 6.54 Å². The predicted molar refractivity (Wildman–Crippen MR) is 60.7 cm³/mol. The van der Waals surface area contributed by atoms with Gasteiger partial charge in [0.2, 0.25) is 0 Å². The number of nitrogens with one attached hydrogen (secondary N) is 1. The smallest absolute Gasteiger partial charge is 0.0489 e. The Hall–Kier alpha value is -0.870. The summed E-state index contributed by atoms with van der Waals surface area (Å²) in [4.78, 5) is 2.38. The molecule has 1 unspecified atom stereocenters. The number of likely N-dealkylation sites (tertiary alicyclic amines) is 1. The van der Waals surface area contributed by atoms with Gasteiger partial charge in [-0.3, -0.25) is 4.68 Å². The average Bonchev–Trinajstić information content (AvgIpc) is 2.84. The molecule has 0 radical (unpaired) electrons. The van der Waals surface area contributed by atoms with Crippen LogP contribution in [0.5, 0.6) is 0 Å². The Kier molecular flexibility index (Phi) is 3.75. The SMILES string of the molecule is CN1CCC(NCCCn2cccn2)C1. The molecule has 0 aliphatic carbocycles. The number of nitrogens with zero attached hydrogens (tertiary/aromatic N) is 3. The summed E-state index contributed by atoms with van der Waals surface area (Å²) < 4.78 is 1.99. The molecular formula is C11H20N4. The summed E-state index contributed by atoms with van der Waals surface area (Å²) in [6, 6.07) is 2.67. The van der Waals surface area contributed by atoms with Gasteiger partial charge >= 0.3 is 0 Å². The van der Waals surface area contributed by atoms with E-state index >= 15 is 0 Å². The molecule has 1 aliphatic rings. The molecule has 0 aromatic carbocycles. The van der Waals surface area contributed by atoms with Gasteiger partial charge in [0.05, 0.1) is 0 Å². The van der Waals surface area contributed by atoms with Crippen molar-refractivity contribution in [2.24, 2.45) is 0 Å². The van der Waals surface area contributed by atoms with Crippen LogP contribution in [-0.4, -0.2) is 47.4 Å².